The zero-order valence-corrected chi connectivity index (χ0v) is 11.0. The van der Waals surface area contributed by atoms with Crippen LogP contribution in [0.2, 0.25) is 0 Å². The van der Waals surface area contributed by atoms with Gasteiger partial charge in [0.2, 0.25) is 0 Å². The molecular weight excluding hydrogens is 253 g/mol. The molecule has 0 amide bonds. The number of alkyl halides is 3. The Morgan fingerprint density at radius 1 is 1.32 bits per heavy atom. The Hall–Kier alpha value is -1.23. The second kappa shape index (κ2) is 5.41. The summed E-state index contributed by atoms with van der Waals surface area (Å²) in [6.07, 6.45) is -0.755. The van der Waals surface area contributed by atoms with Crippen molar-refractivity contribution in [3.63, 3.8) is 0 Å². The van der Waals surface area contributed by atoms with Gasteiger partial charge in [0.15, 0.2) is 0 Å². The average molecular weight is 272 g/mol. The number of hydrogen-bond acceptors (Lipinski definition) is 2. The maximum atomic E-state index is 12.9. The third-order valence-corrected chi connectivity index (χ3v) is 3.82. The molecule has 0 heterocycles. The summed E-state index contributed by atoms with van der Waals surface area (Å²) in [5.74, 6) is 0.619. The Morgan fingerprint density at radius 3 is 2.47 bits per heavy atom. The fourth-order valence-corrected chi connectivity index (χ4v) is 2.41. The summed E-state index contributed by atoms with van der Waals surface area (Å²) in [5.41, 5.74) is 5.51. The zero-order chi connectivity index (χ0) is 14.0. The minimum absolute atomic E-state index is 0.0958. The largest absolute Gasteiger partial charge is 0.416 e. The topological polar surface area (TPSA) is 29.3 Å². The van der Waals surface area contributed by atoms with Gasteiger partial charge in [-0.25, -0.2) is 0 Å². The average Bonchev–Trinajstić information content (AvgIpc) is 2.31. The van der Waals surface area contributed by atoms with Crippen molar-refractivity contribution in [3.05, 3.63) is 29.3 Å². The van der Waals surface area contributed by atoms with Gasteiger partial charge in [0.1, 0.15) is 0 Å². The Balaban J connectivity index is 2.21. The molecule has 1 fully saturated rings. The highest BCUT2D eigenvalue weighted by atomic mass is 19.4. The first-order valence-corrected chi connectivity index (χ1v) is 6.53. The molecule has 1 aliphatic carbocycles. The summed E-state index contributed by atoms with van der Waals surface area (Å²) in [6.45, 7) is 0.723. The highest BCUT2D eigenvalue weighted by Crippen LogP contribution is 2.35. The Morgan fingerprint density at radius 2 is 2.00 bits per heavy atom. The molecule has 2 rings (SSSR count). The molecule has 0 aliphatic heterocycles. The predicted octanol–water partition coefficient (Wildman–Crippen LogP) is 3.40. The van der Waals surface area contributed by atoms with Gasteiger partial charge >= 0.3 is 6.18 Å². The van der Waals surface area contributed by atoms with Crippen molar-refractivity contribution in [2.45, 2.75) is 32.0 Å². The smallest absolute Gasteiger partial charge is 0.374 e. The highest BCUT2D eigenvalue weighted by Gasteiger charge is 2.33. The fraction of sp³-hybridized carbons (Fsp3) is 0.571. The third-order valence-electron chi connectivity index (χ3n) is 3.82. The Bertz CT molecular complexity index is 439. The lowest BCUT2D eigenvalue weighted by atomic mass is 9.85. The van der Waals surface area contributed by atoms with Gasteiger partial charge in [0, 0.05) is 25.8 Å². The lowest BCUT2D eigenvalue weighted by Crippen LogP contribution is -2.29. The minimum Gasteiger partial charge on any atom is -0.374 e. The second-order valence-electron chi connectivity index (χ2n) is 5.22. The van der Waals surface area contributed by atoms with Crippen molar-refractivity contribution in [1.82, 2.24) is 0 Å². The van der Waals surface area contributed by atoms with Crippen molar-refractivity contribution < 1.29 is 13.2 Å². The molecule has 0 atom stereocenters. The molecule has 1 aromatic carbocycles. The first-order valence-electron chi connectivity index (χ1n) is 6.53. The Labute approximate surface area is 111 Å². The van der Waals surface area contributed by atoms with Crippen molar-refractivity contribution in [2.75, 3.05) is 18.5 Å². The first kappa shape index (κ1) is 14.2. The minimum atomic E-state index is -4.35. The van der Waals surface area contributed by atoms with E-state index in [1.54, 1.807) is 6.07 Å². The number of rotatable bonds is 4. The monoisotopic (exact) mass is 272 g/mol. The molecule has 0 saturated heterocycles. The van der Waals surface area contributed by atoms with E-state index in [9.17, 15) is 13.2 Å². The number of anilines is 1. The summed E-state index contributed by atoms with van der Waals surface area (Å²) in [5, 5.41) is 0. The molecule has 1 saturated carbocycles. The van der Waals surface area contributed by atoms with E-state index >= 15 is 0 Å². The molecule has 19 heavy (non-hydrogen) atoms. The third kappa shape index (κ3) is 3.21. The molecule has 0 radical (unpaired) electrons. The van der Waals surface area contributed by atoms with Gasteiger partial charge in [-0.3, -0.25) is 0 Å². The standard InChI is InChI=1S/C14H19F3N2/c1-19(9-10-3-2-4-10)12-6-5-11(8-18)13(7-12)14(15,16)17/h5-7,10H,2-4,8-9,18H2,1H3. The molecule has 0 aromatic heterocycles. The molecule has 2 N–H and O–H groups in total. The molecule has 5 heteroatoms. The van der Waals surface area contributed by atoms with Crippen LogP contribution in [0.4, 0.5) is 18.9 Å². The summed E-state index contributed by atoms with van der Waals surface area (Å²) in [4.78, 5) is 1.90. The highest BCUT2D eigenvalue weighted by molar-refractivity contribution is 5.51. The fourth-order valence-electron chi connectivity index (χ4n) is 2.41. The van der Waals surface area contributed by atoms with Crippen LogP contribution in [0, 0.1) is 5.92 Å². The maximum absolute atomic E-state index is 12.9. The summed E-state index contributed by atoms with van der Waals surface area (Å²) in [6, 6.07) is 4.41. The second-order valence-corrected chi connectivity index (χ2v) is 5.22. The zero-order valence-electron chi connectivity index (χ0n) is 11.0. The molecule has 0 unspecified atom stereocenters. The van der Waals surface area contributed by atoms with Crippen LogP contribution in [0.1, 0.15) is 30.4 Å². The van der Waals surface area contributed by atoms with Gasteiger partial charge in [-0.05, 0) is 36.5 Å². The number of nitrogens with zero attached hydrogens (tertiary/aromatic N) is 1. The van der Waals surface area contributed by atoms with Gasteiger partial charge in [0.05, 0.1) is 5.56 Å². The summed E-state index contributed by atoms with van der Waals surface area (Å²) >= 11 is 0. The lowest BCUT2D eigenvalue weighted by molar-refractivity contribution is -0.138. The van der Waals surface area contributed by atoms with Crippen LogP contribution >= 0.6 is 0 Å². The van der Waals surface area contributed by atoms with Crippen molar-refractivity contribution in [1.29, 1.82) is 0 Å². The number of benzene rings is 1. The van der Waals surface area contributed by atoms with Gasteiger partial charge in [-0.1, -0.05) is 12.5 Å². The van der Waals surface area contributed by atoms with E-state index < -0.39 is 11.7 Å². The van der Waals surface area contributed by atoms with Crippen molar-refractivity contribution in [2.24, 2.45) is 11.7 Å². The van der Waals surface area contributed by atoms with E-state index in [2.05, 4.69) is 0 Å². The molecule has 1 aromatic rings. The van der Waals surface area contributed by atoms with E-state index in [-0.39, 0.29) is 12.1 Å². The Kier molecular flexibility index (Phi) is 4.04. The molecule has 106 valence electrons. The molecular formula is C14H19F3N2. The van der Waals surface area contributed by atoms with E-state index in [0.29, 0.717) is 11.6 Å². The van der Waals surface area contributed by atoms with Crippen LogP contribution in [-0.4, -0.2) is 13.6 Å². The van der Waals surface area contributed by atoms with E-state index in [1.165, 1.54) is 31.4 Å². The van der Waals surface area contributed by atoms with E-state index in [0.717, 1.165) is 6.54 Å². The maximum Gasteiger partial charge on any atom is 0.416 e. The SMILES string of the molecule is CN(CC1CCC1)c1ccc(CN)c(C(F)(F)F)c1. The van der Waals surface area contributed by atoms with Crippen LogP contribution in [0.25, 0.3) is 0 Å². The van der Waals surface area contributed by atoms with Crippen molar-refractivity contribution in [3.8, 4) is 0 Å². The molecule has 0 bridgehead atoms. The van der Waals surface area contributed by atoms with Gasteiger partial charge < -0.3 is 10.6 Å². The molecule has 2 nitrogen and oxygen atoms in total. The number of halogens is 3. The van der Waals surface area contributed by atoms with Crippen LogP contribution in [0.15, 0.2) is 18.2 Å². The van der Waals surface area contributed by atoms with Gasteiger partial charge in [-0.15, -0.1) is 0 Å². The molecule has 0 spiro atoms. The number of nitrogens with two attached hydrogens (primary N) is 1. The quantitative estimate of drug-likeness (QED) is 0.910. The van der Waals surface area contributed by atoms with Crippen LogP contribution < -0.4 is 10.6 Å². The van der Waals surface area contributed by atoms with Gasteiger partial charge in [0.25, 0.3) is 0 Å². The van der Waals surface area contributed by atoms with E-state index in [4.69, 9.17) is 5.73 Å². The first-order chi connectivity index (χ1) is 8.91. The van der Waals surface area contributed by atoms with E-state index in [1.807, 2.05) is 11.9 Å². The van der Waals surface area contributed by atoms with Crippen LogP contribution in [-0.2, 0) is 12.7 Å². The molecule has 1 aliphatic rings. The lowest BCUT2D eigenvalue weighted by Gasteiger charge is -2.31. The van der Waals surface area contributed by atoms with Crippen LogP contribution in [0.5, 0.6) is 0 Å². The van der Waals surface area contributed by atoms with Crippen molar-refractivity contribution >= 4 is 5.69 Å². The summed E-state index contributed by atoms with van der Waals surface area (Å²) < 4.78 is 38.8. The predicted molar refractivity (Wildman–Crippen MR) is 69.9 cm³/mol. The number of hydrogen-bond donors (Lipinski definition) is 1. The van der Waals surface area contributed by atoms with Crippen LogP contribution in [0.3, 0.4) is 0 Å². The normalized spacial score (nSPS) is 16.3. The van der Waals surface area contributed by atoms with Gasteiger partial charge in [-0.2, -0.15) is 13.2 Å². The summed E-state index contributed by atoms with van der Waals surface area (Å²) in [7, 11) is 1.84.